The van der Waals surface area contributed by atoms with E-state index in [-0.39, 0.29) is 29.8 Å². The summed E-state index contributed by atoms with van der Waals surface area (Å²) in [5, 5.41) is 6.72. The summed E-state index contributed by atoms with van der Waals surface area (Å²) in [5.41, 5.74) is 0.150. The van der Waals surface area contributed by atoms with Crippen LogP contribution in [-0.2, 0) is 4.79 Å². The smallest absolute Gasteiger partial charge is 0.256 e. The fourth-order valence-electron chi connectivity index (χ4n) is 2.68. The van der Waals surface area contributed by atoms with Gasteiger partial charge in [-0.25, -0.2) is 5.41 Å². The van der Waals surface area contributed by atoms with Crippen LogP contribution in [0.15, 0.2) is 4.99 Å². The van der Waals surface area contributed by atoms with Gasteiger partial charge in [0.05, 0.1) is 6.01 Å². The van der Waals surface area contributed by atoms with Gasteiger partial charge in [0.25, 0.3) is 5.91 Å². The van der Waals surface area contributed by atoms with E-state index in [0.717, 1.165) is 19.3 Å². The third kappa shape index (κ3) is 4.89. The molecule has 106 valence electrons. The van der Waals surface area contributed by atoms with E-state index in [2.05, 4.69) is 30.7 Å². The molecule has 1 amide bonds. The van der Waals surface area contributed by atoms with Gasteiger partial charge in [-0.15, -0.1) is 12.4 Å². The summed E-state index contributed by atoms with van der Waals surface area (Å²) in [6.45, 7) is 6.52. The van der Waals surface area contributed by atoms with Gasteiger partial charge in [0.1, 0.15) is 0 Å². The summed E-state index contributed by atoms with van der Waals surface area (Å²) >= 11 is 0. The molecule has 0 spiro atoms. The lowest BCUT2D eigenvalue weighted by Crippen LogP contribution is -2.45. The molecule has 0 aliphatic carbocycles. The number of halogens is 1. The zero-order valence-electron chi connectivity index (χ0n) is 12.1. The van der Waals surface area contributed by atoms with E-state index >= 15 is 0 Å². The molecule has 0 saturated heterocycles. The molecule has 1 unspecified atom stereocenters. The van der Waals surface area contributed by atoms with Gasteiger partial charge in [-0.3, -0.25) is 4.79 Å². The summed E-state index contributed by atoms with van der Waals surface area (Å²) in [5.74, 6) is -0.251. The summed E-state index contributed by atoms with van der Waals surface area (Å²) in [4.78, 5) is 17.1. The molecule has 4 nitrogen and oxygen atoms in total. The Morgan fingerprint density at radius 1 is 1.28 bits per heavy atom. The molecule has 0 aliphatic heterocycles. The molecule has 0 aromatic heterocycles. The molecule has 0 bridgehead atoms. The molecule has 0 aromatic carbocycles. The lowest BCUT2D eigenvalue weighted by molar-refractivity contribution is -0.120. The average molecular weight is 276 g/mol. The minimum absolute atomic E-state index is 0. The van der Waals surface area contributed by atoms with Crippen molar-refractivity contribution in [1.82, 2.24) is 4.90 Å². The molecule has 0 aromatic rings. The Morgan fingerprint density at radius 3 is 2.00 bits per heavy atom. The molecule has 0 rings (SSSR count). The fourth-order valence-corrected chi connectivity index (χ4v) is 2.68. The molecule has 1 N–H and O–H groups in total. The predicted octanol–water partition coefficient (Wildman–Crippen LogP) is 3.22. The number of carbonyl (C=O) groups is 1. The van der Waals surface area contributed by atoms with Gasteiger partial charge in [-0.05, 0) is 38.8 Å². The first-order chi connectivity index (χ1) is 7.97. The highest BCUT2D eigenvalue weighted by atomic mass is 35.5. The number of amides is 1. The highest BCUT2D eigenvalue weighted by molar-refractivity contribution is 5.85. The van der Waals surface area contributed by atoms with Crippen LogP contribution in [0.25, 0.3) is 0 Å². The van der Waals surface area contributed by atoms with Gasteiger partial charge in [-0.2, -0.15) is 4.99 Å². The number of hydrogen-bond donors (Lipinski definition) is 1. The van der Waals surface area contributed by atoms with E-state index in [4.69, 9.17) is 5.41 Å². The first-order valence-corrected chi connectivity index (χ1v) is 6.29. The van der Waals surface area contributed by atoms with E-state index < -0.39 is 0 Å². The Kier molecular flexibility index (Phi) is 10.1. The van der Waals surface area contributed by atoms with E-state index in [1.165, 1.54) is 0 Å². The maximum absolute atomic E-state index is 11.6. The van der Waals surface area contributed by atoms with Gasteiger partial charge in [0.15, 0.2) is 0 Å². The SMILES string of the molecule is CCC(CC)(CC)C(CC(=O)N=C=N)N(C)C.Cl. The van der Waals surface area contributed by atoms with Crippen molar-refractivity contribution in [1.29, 1.82) is 5.41 Å². The molecule has 1 atom stereocenters. The number of rotatable bonds is 7. The normalized spacial score (nSPS) is 12.6. The van der Waals surface area contributed by atoms with Gasteiger partial charge in [0, 0.05) is 12.5 Å². The van der Waals surface area contributed by atoms with Crippen molar-refractivity contribution in [3.05, 3.63) is 0 Å². The lowest BCUT2D eigenvalue weighted by Gasteiger charge is -2.42. The molecular formula is C13H26ClN3O. The number of nitrogens with zero attached hydrogens (tertiary/aromatic N) is 2. The molecular weight excluding hydrogens is 250 g/mol. The van der Waals surface area contributed by atoms with Crippen LogP contribution in [0.2, 0.25) is 0 Å². The van der Waals surface area contributed by atoms with Crippen LogP contribution >= 0.6 is 12.4 Å². The Balaban J connectivity index is 0. The summed E-state index contributed by atoms with van der Waals surface area (Å²) < 4.78 is 0. The Bertz CT molecular complexity index is 286. The van der Waals surface area contributed by atoms with E-state index in [0.29, 0.717) is 6.42 Å². The second-order valence-electron chi connectivity index (χ2n) is 4.72. The largest absolute Gasteiger partial charge is 0.305 e. The van der Waals surface area contributed by atoms with Crippen LogP contribution in [0.5, 0.6) is 0 Å². The highest BCUT2D eigenvalue weighted by Crippen LogP contribution is 2.38. The standard InChI is InChI=1S/C13H25N3O.ClH/c1-6-13(7-2,8-3)11(16(4)5)9-12(17)15-10-14;/h11,14H,6-9H2,1-5H3;1H. The van der Waals surface area contributed by atoms with Crippen molar-refractivity contribution in [3.8, 4) is 0 Å². The lowest BCUT2D eigenvalue weighted by atomic mass is 9.71. The van der Waals surface area contributed by atoms with Gasteiger partial charge < -0.3 is 4.90 Å². The predicted molar refractivity (Wildman–Crippen MR) is 77.8 cm³/mol. The van der Waals surface area contributed by atoms with E-state index in [1.54, 1.807) is 0 Å². The van der Waals surface area contributed by atoms with Crippen LogP contribution in [-0.4, -0.2) is 37.0 Å². The van der Waals surface area contributed by atoms with Crippen molar-refractivity contribution in [2.24, 2.45) is 10.4 Å². The number of nitrogens with one attached hydrogen (secondary N) is 1. The zero-order chi connectivity index (χ0) is 13.5. The second kappa shape index (κ2) is 9.26. The van der Waals surface area contributed by atoms with Crippen LogP contribution in [0.3, 0.4) is 0 Å². The van der Waals surface area contributed by atoms with Gasteiger partial charge >= 0.3 is 0 Å². The second-order valence-corrected chi connectivity index (χ2v) is 4.72. The third-order valence-electron chi connectivity index (χ3n) is 3.99. The third-order valence-corrected chi connectivity index (χ3v) is 3.99. The molecule has 0 aliphatic rings. The van der Waals surface area contributed by atoms with Crippen LogP contribution < -0.4 is 0 Å². The molecule has 0 fully saturated rings. The molecule has 0 heterocycles. The topological polar surface area (TPSA) is 56.5 Å². The molecule has 0 saturated carbocycles. The van der Waals surface area contributed by atoms with Crippen LogP contribution in [0.1, 0.15) is 46.5 Å². The maximum Gasteiger partial charge on any atom is 0.256 e. The van der Waals surface area contributed by atoms with Crippen LogP contribution in [0.4, 0.5) is 0 Å². The molecule has 18 heavy (non-hydrogen) atoms. The molecule has 5 heteroatoms. The molecule has 0 radical (unpaired) electrons. The quantitative estimate of drug-likeness (QED) is 0.725. The summed E-state index contributed by atoms with van der Waals surface area (Å²) in [6, 6.07) is 2.00. The van der Waals surface area contributed by atoms with Crippen molar-refractivity contribution in [2.45, 2.75) is 52.5 Å². The number of aliphatic imine (C=N–C) groups is 1. The fraction of sp³-hybridized carbons (Fsp3) is 0.846. The number of carbonyl (C=O) groups excluding carboxylic acids is 1. The van der Waals surface area contributed by atoms with E-state index in [1.807, 2.05) is 20.1 Å². The highest BCUT2D eigenvalue weighted by Gasteiger charge is 2.36. The minimum atomic E-state index is -0.251. The van der Waals surface area contributed by atoms with Crippen molar-refractivity contribution in [2.75, 3.05) is 14.1 Å². The average Bonchev–Trinajstić information content (AvgIpc) is 2.30. The van der Waals surface area contributed by atoms with Crippen molar-refractivity contribution in [3.63, 3.8) is 0 Å². The Hall–Kier alpha value is -0.700. The van der Waals surface area contributed by atoms with Crippen LogP contribution in [0, 0.1) is 10.8 Å². The first kappa shape index (κ1) is 19.6. The maximum atomic E-state index is 11.6. The monoisotopic (exact) mass is 275 g/mol. The summed E-state index contributed by atoms with van der Waals surface area (Å²) in [7, 11) is 4.00. The Labute approximate surface area is 117 Å². The zero-order valence-corrected chi connectivity index (χ0v) is 12.9. The Morgan fingerprint density at radius 2 is 1.72 bits per heavy atom. The first-order valence-electron chi connectivity index (χ1n) is 6.29. The van der Waals surface area contributed by atoms with Crippen molar-refractivity contribution < 1.29 is 4.79 Å². The van der Waals surface area contributed by atoms with Gasteiger partial charge in [0.2, 0.25) is 0 Å². The minimum Gasteiger partial charge on any atom is -0.305 e. The van der Waals surface area contributed by atoms with Crippen molar-refractivity contribution >= 4 is 24.3 Å². The number of hydrogen-bond acceptors (Lipinski definition) is 3. The van der Waals surface area contributed by atoms with Gasteiger partial charge in [-0.1, -0.05) is 20.8 Å². The van der Waals surface area contributed by atoms with E-state index in [9.17, 15) is 4.79 Å². The summed E-state index contributed by atoms with van der Waals surface area (Å²) in [6.07, 6.45) is 3.51.